The second-order valence-electron chi connectivity index (χ2n) is 9.57. The van der Waals surface area contributed by atoms with Crippen molar-refractivity contribution in [1.29, 1.82) is 0 Å². The molecule has 1 atom stereocenters. The molecule has 2 aromatic carbocycles. The zero-order valence-corrected chi connectivity index (χ0v) is 22.5. The van der Waals surface area contributed by atoms with Crippen LogP contribution in [0.1, 0.15) is 59.0 Å². The number of nitrogens with one attached hydrogen (secondary N) is 1. The number of amides is 2. The van der Waals surface area contributed by atoms with E-state index in [1.165, 1.54) is 27.6 Å². The summed E-state index contributed by atoms with van der Waals surface area (Å²) in [7, 11) is 4.58. The monoisotopic (exact) mass is 520 g/mol. The van der Waals surface area contributed by atoms with Gasteiger partial charge in [0.15, 0.2) is 17.3 Å². The number of ether oxygens (including phenoxy) is 3. The van der Waals surface area contributed by atoms with Crippen molar-refractivity contribution in [3.05, 3.63) is 77.2 Å². The van der Waals surface area contributed by atoms with E-state index in [9.17, 15) is 9.59 Å². The predicted octanol–water partition coefficient (Wildman–Crippen LogP) is 5.10. The summed E-state index contributed by atoms with van der Waals surface area (Å²) in [4.78, 5) is 29.4. The number of nitrogens with zero attached hydrogens (tertiary/aromatic N) is 1. The lowest BCUT2D eigenvalue weighted by Crippen LogP contribution is -2.46. The molecule has 4 rings (SSSR count). The molecule has 0 aliphatic heterocycles. The van der Waals surface area contributed by atoms with Crippen LogP contribution in [0.25, 0.3) is 0 Å². The highest BCUT2D eigenvalue weighted by molar-refractivity contribution is 5.96. The third-order valence-electron chi connectivity index (χ3n) is 6.98. The second-order valence-corrected chi connectivity index (χ2v) is 9.57. The summed E-state index contributed by atoms with van der Waals surface area (Å²) < 4.78 is 22.1. The highest BCUT2D eigenvalue weighted by Crippen LogP contribution is 2.41. The van der Waals surface area contributed by atoms with Gasteiger partial charge in [-0.15, -0.1) is 0 Å². The summed E-state index contributed by atoms with van der Waals surface area (Å²) in [5, 5.41) is 3.19. The Bertz CT molecular complexity index is 1210. The van der Waals surface area contributed by atoms with E-state index in [0.717, 1.165) is 36.8 Å². The SMILES string of the molecule is COc1cc(C(C(=O)NC2CCCC2)N(CCc2cccc(C)c2)C(=O)c2ccco2)cc(OC)c1OC. The van der Waals surface area contributed by atoms with Crippen LogP contribution >= 0.6 is 0 Å². The lowest BCUT2D eigenvalue weighted by atomic mass is 10.00. The molecule has 202 valence electrons. The molecule has 1 unspecified atom stereocenters. The molecule has 1 fully saturated rings. The number of aryl methyl sites for hydroxylation is 1. The molecule has 8 heteroatoms. The number of furan rings is 1. The summed E-state index contributed by atoms with van der Waals surface area (Å²) >= 11 is 0. The molecule has 1 aliphatic rings. The van der Waals surface area contributed by atoms with Crippen LogP contribution in [-0.2, 0) is 11.2 Å². The van der Waals surface area contributed by atoms with Crippen LogP contribution in [0.5, 0.6) is 17.2 Å². The fraction of sp³-hybridized carbons (Fsp3) is 0.400. The molecule has 38 heavy (non-hydrogen) atoms. The van der Waals surface area contributed by atoms with Gasteiger partial charge in [-0.25, -0.2) is 0 Å². The van der Waals surface area contributed by atoms with E-state index in [0.29, 0.717) is 35.8 Å². The average molecular weight is 521 g/mol. The van der Waals surface area contributed by atoms with E-state index in [2.05, 4.69) is 11.4 Å². The Morgan fingerprint density at radius 1 is 1.00 bits per heavy atom. The topological polar surface area (TPSA) is 90.2 Å². The van der Waals surface area contributed by atoms with Crippen LogP contribution in [0.2, 0.25) is 0 Å². The zero-order valence-electron chi connectivity index (χ0n) is 22.5. The van der Waals surface area contributed by atoms with Gasteiger partial charge in [-0.3, -0.25) is 9.59 Å². The maximum absolute atomic E-state index is 14.0. The van der Waals surface area contributed by atoms with Crippen molar-refractivity contribution < 1.29 is 28.2 Å². The Balaban J connectivity index is 1.79. The maximum Gasteiger partial charge on any atom is 0.290 e. The van der Waals surface area contributed by atoms with Gasteiger partial charge in [-0.2, -0.15) is 0 Å². The third kappa shape index (κ3) is 6.13. The number of rotatable bonds is 11. The fourth-order valence-electron chi connectivity index (χ4n) is 5.09. The Hall–Kier alpha value is -3.94. The summed E-state index contributed by atoms with van der Waals surface area (Å²) in [5.41, 5.74) is 2.76. The van der Waals surface area contributed by atoms with Gasteiger partial charge in [0, 0.05) is 12.6 Å². The van der Waals surface area contributed by atoms with E-state index in [1.807, 2.05) is 25.1 Å². The normalized spacial score (nSPS) is 14.1. The van der Waals surface area contributed by atoms with Gasteiger partial charge in [0.1, 0.15) is 6.04 Å². The summed E-state index contributed by atoms with van der Waals surface area (Å²) in [6.07, 6.45) is 6.00. The van der Waals surface area contributed by atoms with E-state index >= 15 is 0 Å². The Morgan fingerprint density at radius 2 is 1.71 bits per heavy atom. The highest BCUT2D eigenvalue weighted by atomic mass is 16.5. The van der Waals surface area contributed by atoms with Crippen molar-refractivity contribution >= 4 is 11.8 Å². The van der Waals surface area contributed by atoms with Gasteiger partial charge in [0.05, 0.1) is 27.6 Å². The number of carbonyl (C=O) groups excluding carboxylic acids is 2. The smallest absolute Gasteiger partial charge is 0.290 e. The third-order valence-corrected chi connectivity index (χ3v) is 6.98. The quantitative estimate of drug-likeness (QED) is 0.378. The molecule has 1 heterocycles. The van der Waals surface area contributed by atoms with E-state index < -0.39 is 6.04 Å². The van der Waals surface area contributed by atoms with Crippen molar-refractivity contribution in [2.75, 3.05) is 27.9 Å². The minimum atomic E-state index is -0.952. The maximum atomic E-state index is 14.0. The first-order chi connectivity index (χ1) is 18.4. The minimum Gasteiger partial charge on any atom is -0.493 e. The largest absolute Gasteiger partial charge is 0.493 e. The number of benzene rings is 2. The highest BCUT2D eigenvalue weighted by Gasteiger charge is 2.35. The molecule has 0 saturated heterocycles. The van der Waals surface area contributed by atoms with Crippen LogP contribution in [0.4, 0.5) is 0 Å². The van der Waals surface area contributed by atoms with E-state index in [4.69, 9.17) is 18.6 Å². The predicted molar refractivity (Wildman–Crippen MR) is 144 cm³/mol. The molecule has 1 aliphatic carbocycles. The van der Waals surface area contributed by atoms with Crippen molar-refractivity contribution in [2.24, 2.45) is 0 Å². The van der Waals surface area contributed by atoms with Gasteiger partial charge < -0.3 is 28.8 Å². The van der Waals surface area contributed by atoms with Crippen molar-refractivity contribution in [2.45, 2.75) is 51.1 Å². The first-order valence-corrected chi connectivity index (χ1v) is 13.0. The van der Waals surface area contributed by atoms with Crippen molar-refractivity contribution in [3.8, 4) is 17.2 Å². The Labute approximate surface area is 223 Å². The standard InChI is InChI=1S/C30H36N2O6/c1-20-9-7-10-21(17-20)14-15-32(30(34)24-13-8-16-38-24)27(29(33)31-23-11-5-6-12-23)22-18-25(35-2)28(37-4)26(19-22)36-3/h7-10,13,16-19,23,27H,5-6,11-12,14-15H2,1-4H3,(H,31,33). The molecule has 2 amide bonds. The summed E-state index contributed by atoms with van der Waals surface area (Å²) in [5.74, 6) is 0.769. The molecule has 0 spiro atoms. The second kappa shape index (κ2) is 12.5. The number of carbonyl (C=O) groups is 2. The van der Waals surface area contributed by atoms with Crippen molar-refractivity contribution in [1.82, 2.24) is 10.2 Å². The Kier molecular flexibility index (Phi) is 8.94. The van der Waals surface area contributed by atoms with Gasteiger partial charge in [0.2, 0.25) is 11.7 Å². The first-order valence-electron chi connectivity index (χ1n) is 13.0. The van der Waals surface area contributed by atoms with Gasteiger partial charge in [-0.05, 0) is 61.6 Å². The Morgan fingerprint density at radius 3 is 2.29 bits per heavy atom. The van der Waals surface area contributed by atoms with E-state index in [1.54, 1.807) is 29.2 Å². The molecule has 3 aromatic rings. The minimum absolute atomic E-state index is 0.0735. The van der Waals surface area contributed by atoms with Crippen LogP contribution in [0.15, 0.2) is 59.2 Å². The number of methoxy groups -OCH3 is 3. The van der Waals surface area contributed by atoms with Gasteiger partial charge in [-0.1, -0.05) is 42.7 Å². The number of hydrogen-bond donors (Lipinski definition) is 1. The first kappa shape index (κ1) is 27.1. The lowest BCUT2D eigenvalue weighted by Gasteiger charge is -2.32. The summed E-state index contributed by atoms with van der Waals surface area (Å²) in [6.45, 7) is 2.32. The molecule has 1 aromatic heterocycles. The molecule has 1 N–H and O–H groups in total. The van der Waals surface area contributed by atoms with Crippen LogP contribution < -0.4 is 19.5 Å². The number of hydrogen-bond acceptors (Lipinski definition) is 6. The molecular formula is C30H36N2O6. The van der Waals surface area contributed by atoms with Gasteiger partial charge >= 0.3 is 0 Å². The van der Waals surface area contributed by atoms with Crippen LogP contribution in [0.3, 0.4) is 0 Å². The lowest BCUT2D eigenvalue weighted by molar-refractivity contribution is -0.126. The fourth-order valence-corrected chi connectivity index (χ4v) is 5.09. The molecule has 0 bridgehead atoms. The zero-order chi connectivity index (χ0) is 27.1. The molecular weight excluding hydrogens is 484 g/mol. The summed E-state index contributed by atoms with van der Waals surface area (Å²) in [6, 6.07) is 14.0. The molecule has 1 saturated carbocycles. The molecule has 0 radical (unpaired) electrons. The average Bonchev–Trinajstić information content (AvgIpc) is 3.64. The van der Waals surface area contributed by atoms with Gasteiger partial charge in [0.25, 0.3) is 5.91 Å². The van der Waals surface area contributed by atoms with Crippen LogP contribution in [0, 0.1) is 6.92 Å². The molecule has 8 nitrogen and oxygen atoms in total. The van der Waals surface area contributed by atoms with E-state index in [-0.39, 0.29) is 23.6 Å². The van der Waals surface area contributed by atoms with Crippen molar-refractivity contribution in [3.63, 3.8) is 0 Å². The van der Waals surface area contributed by atoms with Crippen LogP contribution in [-0.4, -0.2) is 50.6 Å².